The summed E-state index contributed by atoms with van der Waals surface area (Å²) in [6.45, 7) is -0.777. The first-order chi connectivity index (χ1) is 6.63. The molecule has 0 spiro atoms. The van der Waals surface area contributed by atoms with Crippen molar-refractivity contribution in [3.63, 3.8) is 0 Å². The van der Waals surface area contributed by atoms with Crippen molar-refractivity contribution in [2.24, 2.45) is 5.84 Å². The highest BCUT2D eigenvalue weighted by atomic mass is 35.5. The largest absolute Gasteiger partial charge is 0.470 e. The number of rotatable bonds is 4. The Morgan fingerprint density at radius 3 is 2.93 bits per heavy atom. The van der Waals surface area contributed by atoms with Crippen molar-refractivity contribution in [1.29, 1.82) is 0 Å². The number of hydrogen-bond acceptors (Lipinski definition) is 5. The zero-order valence-corrected chi connectivity index (χ0v) is 7.63. The van der Waals surface area contributed by atoms with E-state index in [0.29, 0.717) is 0 Å². The number of nitrogens with one attached hydrogen (secondary N) is 1. The van der Waals surface area contributed by atoms with E-state index in [2.05, 4.69) is 20.1 Å². The van der Waals surface area contributed by atoms with E-state index in [1.165, 1.54) is 6.20 Å². The average molecular weight is 225 g/mol. The van der Waals surface area contributed by atoms with Gasteiger partial charge in [-0.25, -0.2) is 19.6 Å². The fourth-order valence-corrected chi connectivity index (χ4v) is 0.810. The molecule has 0 aromatic carbocycles. The number of nitrogens with zero attached hydrogens (tertiary/aromatic N) is 2. The summed E-state index contributed by atoms with van der Waals surface area (Å²) in [7, 11) is 0. The monoisotopic (exact) mass is 224 g/mol. The standard InChI is InChI=1S/C6H7ClF2N4O/c7-3-1-11-6(13-10)12-5(3)14-2-4(8)9/h1,4H,2,10H2,(H,11,12,13). The first kappa shape index (κ1) is 10.9. The van der Waals surface area contributed by atoms with Crippen LogP contribution in [0.4, 0.5) is 14.7 Å². The third kappa shape index (κ3) is 2.93. The molecule has 1 aromatic heterocycles. The molecule has 1 rings (SSSR count). The molecule has 0 saturated heterocycles. The van der Waals surface area contributed by atoms with Crippen molar-refractivity contribution in [3.8, 4) is 5.88 Å². The molecule has 0 amide bonds. The second-order valence-corrected chi connectivity index (χ2v) is 2.60. The maximum absolute atomic E-state index is 11.8. The van der Waals surface area contributed by atoms with Gasteiger partial charge in [0.2, 0.25) is 11.8 Å². The molecule has 1 heterocycles. The molecule has 0 aliphatic rings. The summed E-state index contributed by atoms with van der Waals surface area (Å²) in [4.78, 5) is 7.27. The zero-order valence-electron chi connectivity index (χ0n) is 6.88. The number of anilines is 1. The smallest absolute Gasteiger partial charge is 0.272 e. The second kappa shape index (κ2) is 4.87. The Morgan fingerprint density at radius 2 is 2.36 bits per heavy atom. The van der Waals surface area contributed by atoms with Gasteiger partial charge in [-0.1, -0.05) is 11.6 Å². The lowest BCUT2D eigenvalue weighted by molar-refractivity contribution is 0.0796. The Kier molecular flexibility index (Phi) is 3.78. The molecule has 5 nitrogen and oxygen atoms in total. The third-order valence-electron chi connectivity index (χ3n) is 1.19. The minimum Gasteiger partial charge on any atom is -0.470 e. The predicted molar refractivity (Wildman–Crippen MR) is 46.4 cm³/mol. The Hall–Kier alpha value is -1.21. The Balaban J connectivity index is 2.73. The fraction of sp³-hybridized carbons (Fsp3) is 0.333. The van der Waals surface area contributed by atoms with Crippen LogP contribution in [-0.4, -0.2) is 23.0 Å². The molecule has 0 fully saturated rings. The van der Waals surface area contributed by atoms with Crippen LogP contribution in [-0.2, 0) is 0 Å². The van der Waals surface area contributed by atoms with Crippen LogP contribution in [0.15, 0.2) is 6.20 Å². The Labute approximate surface area is 83.2 Å². The normalized spacial score (nSPS) is 10.4. The van der Waals surface area contributed by atoms with E-state index in [9.17, 15) is 8.78 Å². The molecule has 1 aromatic rings. The van der Waals surface area contributed by atoms with Gasteiger partial charge < -0.3 is 4.74 Å². The van der Waals surface area contributed by atoms with Crippen LogP contribution in [0.3, 0.4) is 0 Å². The Morgan fingerprint density at radius 1 is 1.64 bits per heavy atom. The summed E-state index contributed by atoms with van der Waals surface area (Å²) in [5.74, 6) is 4.91. The first-order valence-corrected chi connectivity index (χ1v) is 3.91. The van der Waals surface area contributed by atoms with Gasteiger partial charge in [0.15, 0.2) is 6.61 Å². The van der Waals surface area contributed by atoms with Crippen molar-refractivity contribution < 1.29 is 13.5 Å². The molecule has 8 heteroatoms. The van der Waals surface area contributed by atoms with E-state index in [4.69, 9.17) is 17.4 Å². The van der Waals surface area contributed by atoms with Gasteiger partial charge in [0.05, 0.1) is 6.20 Å². The summed E-state index contributed by atoms with van der Waals surface area (Å²) in [5, 5.41) is 0.0460. The van der Waals surface area contributed by atoms with E-state index in [1.54, 1.807) is 0 Å². The van der Waals surface area contributed by atoms with Crippen LogP contribution < -0.4 is 16.0 Å². The van der Waals surface area contributed by atoms with Gasteiger partial charge in [-0.3, -0.25) is 5.43 Å². The van der Waals surface area contributed by atoms with E-state index < -0.39 is 13.0 Å². The van der Waals surface area contributed by atoms with E-state index in [1.807, 2.05) is 0 Å². The van der Waals surface area contributed by atoms with E-state index in [-0.39, 0.29) is 16.9 Å². The lowest BCUT2D eigenvalue weighted by Crippen LogP contribution is -2.13. The Bertz CT molecular complexity index is 312. The van der Waals surface area contributed by atoms with Crippen LogP contribution in [0, 0.1) is 0 Å². The predicted octanol–water partition coefficient (Wildman–Crippen LogP) is 1.06. The number of halogens is 3. The summed E-state index contributed by atoms with van der Waals surface area (Å²) in [6.07, 6.45) is -1.39. The number of hydrogen-bond donors (Lipinski definition) is 2. The van der Waals surface area contributed by atoms with Gasteiger partial charge in [0, 0.05) is 0 Å². The van der Waals surface area contributed by atoms with Crippen LogP contribution in [0.1, 0.15) is 0 Å². The minimum absolute atomic E-state index is 0.0404. The first-order valence-electron chi connectivity index (χ1n) is 3.53. The SMILES string of the molecule is NNc1ncc(Cl)c(OCC(F)F)n1. The molecular formula is C6H7ClF2N4O. The van der Waals surface area contributed by atoms with Crippen LogP contribution in [0.2, 0.25) is 5.02 Å². The van der Waals surface area contributed by atoms with E-state index in [0.717, 1.165) is 0 Å². The molecule has 0 unspecified atom stereocenters. The van der Waals surface area contributed by atoms with Crippen molar-refractivity contribution >= 4 is 17.5 Å². The summed E-state index contributed by atoms with van der Waals surface area (Å²) >= 11 is 5.57. The summed E-state index contributed by atoms with van der Waals surface area (Å²) < 4.78 is 28.2. The number of ether oxygens (including phenoxy) is 1. The number of nitrogens with two attached hydrogens (primary N) is 1. The molecule has 0 radical (unpaired) electrons. The highest BCUT2D eigenvalue weighted by Crippen LogP contribution is 2.21. The third-order valence-corrected chi connectivity index (χ3v) is 1.45. The number of hydrazine groups is 1. The van der Waals surface area contributed by atoms with Crippen LogP contribution >= 0.6 is 11.6 Å². The average Bonchev–Trinajstić information content (AvgIpc) is 2.16. The number of nitrogen functional groups attached to an aromatic ring is 1. The molecule has 0 bridgehead atoms. The van der Waals surface area contributed by atoms with Crippen molar-refractivity contribution in [2.45, 2.75) is 6.43 Å². The van der Waals surface area contributed by atoms with Gasteiger partial charge in [0.25, 0.3) is 6.43 Å². The molecule has 0 atom stereocenters. The van der Waals surface area contributed by atoms with Gasteiger partial charge in [-0.2, -0.15) is 4.98 Å². The van der Waals surface area contributed by atoms with Crippen molar-refractivity contribution in [3.05, 3.63) is 11.2 Å². The molecule has 3 N–H and O–H groups in total. The maximum atomic E-state index is 11.8. The molecule has 14 heavy (non-hydrogen) atoms. The molecule has 0 aliphatic carbocycles. The summed E-state index contributed by atoms with van der Waals surface area (Å²) in [5.41, 5.74) is 2.13. The van der Waals surface area contributed by atoms with Crippen molar-refractivity contribution in [1.82, 2.24) is 9.97 Å². The van der Waals surface area contributed by atoms with Gasteiger partial charge in [-0.05, 0) is 0 Å². The number of aromatic nitrogens is 2. The van der Waals surface area contributed by atoms with Crippen molar-refractivity contribution in [2.75, 3.05) is 12.0 Å². The molecule has 0 aliphatic heterocycles. The lowest BCUT2D eigenvalue weighted by Gasteiger charge is -2.06. The van der Waals surface area contributed by atoms with E-state index >= 15 is 0 Å². The minimum atomic E-state index is -2.59. The highest BCUT2D eigenvalue weighted by Gasteiger charge is 2.09. The molecular weight excluding hydrogens is 218 g/mol. The van der Waals surface area contributed by atoms with Gasteiger partial charge in [-0.15, -0.1) is 0 Å². The number of alkyl halides is 2. The lowest BCUT2D eigenvalue weighted by atomic mass is 10.6. The quantitative estimate of drug-likeness (QED) is 0.591. The van der Waals surface area contributed by atoms with Gasteiger partial charge in [0.1, 0.15) is 5.02 Å². The highest BCUT2D eigenvalue weighted by molar-refractivity contribution is 6.31. The van der Waals surface area contributed by atoms with Crippen LogP contribution in [0.25, 0.3) is 0 Å². The fourth-order valence-electron chi connectivity index (χ4n) is 0.664. The maximum Gasteiger partial charge on any atom is 0.272 e. The van der Waals surface area contributed by atoms with Crippen LogP contribution in [0.5, 0.6) is 5.88 Å². The second-order valence-electron chi connectivity index (χ2n) is 2.19. The summed E-state index contributed by atoms with van der Waals surface area (Å²) in [6, 6.07) is 0. The van der Waals surface area contributed by atoms with Gasteiger partial charge >= 0.3 is 0 Å². The zero-order chi connectivity index (χ0) is 10.6. The molecule has 78 valence electrons. The molecule has 0 saturated carbocycles. The topological polar surface area (TPSA) is 73.1 Å².